The first kappa shape index (κ1) is 18.2. The van der Waals surface area contributed by atoms with Crippen molar-refractivity contribution in [1.82, 2.24) is 5.32 Å². The second kappa shape index (κ2) is 7.32. The van der Waals surface area contributed by atoms with Crippen LogP contribution in [0.25, 0.3) is 0 Å². The molecule has 2 aromatic rings. The quantitative estimate of drug-likeness (QED) is 0.895. The molecule has 1 atom stereocenters. The average molecular weight is 350 g/mol. The Labute approximate surface area is 155 Å². The van der Waals surface area contributed by atoms with Crippen molar-refractivity contribution in [3.63, 3.8) is 0 Å². The van der Waals surface area contributed by atoms with Gasteiger partial charge in [-0.2, -0.15) is 0 Å². The summed E-state index contributed by atoms with van der Waals surface area (Å²) in [7, 11) is 0. The summed E-state index contributed by atoms with van der Waals surface area (Å²) in [6.07, 6.45) is 1.70. The molecule has 1 N–H and O–H groups in total. The Balaban J connectivity index is 1.71. The molecule has 1 unspecified atom stereocenters. The second-order valence-electron chi connectivity index (χ2n) is 7.69. The predicted molar refractivity (Wildman–Crippen MR) is 104 cm³/mol. The minimum absolute atomic E-state index is 0.00712. The first-order chi connectivity index (χ1) is 12.4. The van der Waals surface area contributed by atoms with E-state index in [1.54, 1.807) is 4.90 Å². The number of rotatable bonds is 5. The van der Waals surface area contributed by atoms with Crippen molar-refractivity contribution in [3.8, 4) is 0 Å². The molecular weight excluding hydrogens is 324 g/mol. The maximum absolute atomic E-state index is 12.9. The van der Waals surface area contributed by atoms with E-state index in [0.29, 0.717) is 12.8 Å². The molecule has 1 aliphatic heterocycles. The third-order valence-electron chi connectivity index (χ3n) is 4.78. The van der Waals surface area contributed by atoms with E-state index in [1.165, 1.54) is 11.1 Å². The standard InChI is InChI=1S/C22H26N2O2/c1-16-9-11-17(12-10-16)15-22(2,3)23-21(26)19-13-14-20(25)24(19)18-7-5-4-6-8-18/h4-12,19H,13-15H2,1-3H3,(H,23,26). The van der Waals surface area contributed by atoms with Gasteiger partial charge in [0.05, 0.1) is 0 Å². The Morgan fingerprint density at radius 1 is 1.12 bits per heavy atom. The topological polar surface area (TPSA) is 49.4 Å². The highest BCUT2D eigenvalue weighted by Crippen LogP contribution is 2.27. The fourth-order valence-corrected chi connectivity index (χ4v) is 3.52. The Morgan fingerprint density at radius 3 is 2.42 bits per heavy atom. The van der Waals surface area contributed by atoms with E-state index in [-0.39, 0.29) is 17.4 Å². The molecule has 0 aromatic heterocycles. The number of anilines is 1. The Morgan fingerprint density at radius 2 is 1.77 bits per heavy atom. The molecule has 1 fully saturated rings. The molecule has 2 aromatic carbocycles. The highest BCUT2D eigenvalue weighted by Gasteiger charge is 2.38. The lowest BCUT2D eigenvalue weighted by molar-refractivity contribution is -0.125. The largest absolute Gasteiger partial charge is 0.349 e. The van der Waals surface area contributed by atoms with Crippen LogP contribution in [-0.4, -0.2) is 23.4 Å². The summed E-state index contributed by atoms with van der Waals surface area (Å²) in [5.41, 5.74) is 2.80. The van der Waals surface area contributed by atoms with Gasteiger partial charge in [-0.3, -0.25) is 14.5 Å². The zero-order chi connectivity index (χ0) is 18.7. The normalized spacial score (nSPS) is 17.4. The van der Waals surface area contributed by atoms with Gasteiger partial charge < -0.3 is 5.32 Å². The zero-order valence-electron chi connectivity index (χ0n) is 15.7. The summed E-state index contributed by atoms with van der Waals surface area (Å²) in [6, 6.07) is 17.3. The van der Waals surface area contributed by atoms with Crippen LogP contribution in [0.4, 0.5) is 5.69 Å². The maximum Gasteiger partial charge on any atom is 0.243 e. The number of aryl methyl sites for hydroxylation is 1. The second-order valence-corrected chi connectivity index (χ2v) is 7.69. The van der Waals surface area contributed by atoms with E-state index in [4.69, 9.17) is 0 Å². The molecule has 1 heterocycles. The van der Waals surface area contributed by atoms with Gasteiger partial charge in [-0.15, -0.1) is 0 Å². The molecular formula is C22H26N2O2. The van der Waals surface area contributed by atoms with E-state index in [0.717, 1.165) is 12.1 Å². The van der Waals surface area contributed by atoms with Crippen LogP contribution < -0.4 is 10.2 Å². The first-order valence-corrected chi connectivity index (χ1v) is 9.10. The van der Waals surface area contributed by atoms with E-state index in [9.17, 15) is 9.59 Å². The lowest BCUT2D eigenvalue weighted by Gasteiger charge is -2.31. The number of para-hydroxylation sites is 1. The number of hydrogen-bond donors (Lipinski definition) is 1. The van der Waals surface area contributed by atoms with Crippen molar-refractivity contribution in [3.05, 3.63) is 65.7 Å². The van der Waals surface area contributed by atoms with Gasteiger partial charge in [0, 0.05) is 17.6 Å². The highest BCUT2D eigenvalue weighted by molar-refractivity contribution is 6.03. The fourth-order valence-electron chi connectivity index (χ4n) is 3.52. The van der Waals surface area contributed by atoms with Gasteiger partial charge in [0.25, 0.3) is 0 Å². The first-order valence-electron chi connectivity index (χ1n) is 9.10. The molecule has 4 nitrogen and oxygen atoms in total. The van der Waals surface area contributed by atoms with E-state index >= 15 is 0 Å². The number of hydrogen-bond acceptors (Lipinski definition) is 2. The average Bonchev–Trinajstić information content (AvgIpc) is 2.99. The molecule has 0 saturated carbocycles. The van der Waals surface area contributed by atoms with E-state index in [1.807, 2.05) is 44.2 Å². The third-order valence-corrected chi connectivity index (χ3v) is 4.78. The smallest absolute Gasteiger partial charge is 0.243 e. The molecule has 1 saturated heterocycles. The van der Waals surface area contributed by atoms with Gasteiger partial charge in [-0.25, -0.2) is 0 Å². The third kappa shape index (κ3) is 4.13. The Kier molecular flexibility index (Phi) is 5.12. The van der Waals surface area contributed by atoms with Crippen molar-refractivity contribution >= 4 is 17.5 Å². The Bertz CT molecular complexity index is 782. The van der Waals surface area contributed by atoms with Gasteiger partial charge >= 0.3 is 0 Å². The van der Waals surface area contributed by atoms with Crippen LogP contribution in [0.1, 0.15) is 37.8 Å². The molecule has 2 amide bonds. The minimum atomic E-state index is -0.442. The molecule has 0 spiro atoms. The number of nitrogens with zero attached hydrogens (tertiary/aromatic N) is 1. The van der Waals surface area contributed by atoms with Crippen molar-refractivity contribution in [2.75, 3.05) is 4.90 Å². The van der Waals surface area contributed by atoms with Crippen LogP contribution in [0.2, 0.25) is 0 Å². The number of amides is 2. The van der Waals surface area contributed by atoms with Crippen LogP contribution >= 0.6 is 0 Å². The highest BCUT2D eigenvalue weighted by atomic mass is 16.2. The van der Waals surface area contributed by atoms with Gasteiger partial charge in [-0.1, -0.05) is 48.0 Å². The minimum Gasteiger partial charge on any atom is -0.349 e. The van der Waals surface area contributed by atoms with Gasteiger partial charge in [0.1, 0.15) is 6.04 Å². The van der Waals surface area contributed by atoms with Crippen LogP contribution in [0.15, 0.2) is 54.6 Å². The van der Waals surface area contributed by atoms with Crippen LogP contribution in [-0.2, 0) is 16.0 Å². The molecule has 4 heteroatoms. The summed E-state index contributed by atoms with van der Waals surface area (Å²) < 4.78 is 0. The number of carbonyl (C=O) groups excluding carboxylic acids is 2. The number of nitrogens with one attached hydrogen (secondary N) is 1. The zero-order valence-corrected chi connectivity index (χ0v) is 15.7. The van der Waals surface area contributed by atoms with Crippen molar-refractivity contribution < 1.29 is 9.59 Å². The lowest BCUT2D eigenvalue weighted by atomic mass is 9.94. The summed E-state index contributed by atoms with van der Waals surface area (Å²) in [5, 5.41) is 3.15. The molecule has 1 aliphatic rings. The SMILES string of the molecule is Cc1ccc(CC(C)(C)NC(=O)C2CCC(=O)N2c2ccccc2)cc1. The number of carbonyl (C=O) groups is 2. The molecule has 0 bridgehead atoms. The van der Waals surface area contributed by atoms with E-state index in [2.05, 4.69) is 36.5 Å². The molecule has 3 rings (SSSR count). The van der Waals surface area contributed by atoms with Gasteiger partial charge in [-0.05, 0) is 51.3 Å². The van der Waals surface area contributed by atoms with Crippen LogP contribution in [0, 0.1) is 6.92 Å². The van der Waals surface area contributed by atoms with Crippen LogP contribution in [0.5, 0.6) is 0 Å². The van der Waals surface area contributed by atoms with Crippen molar-refractivity contribution in [2.24, 2.45) is 0 Å². The summed E-state index contributed by atoms with van der Waals surface area (Å²) in [6.45, 7) is 6.11. The van der Waals surface area contributed by atoms with Crippen LogP contribution in [0.3, 0.4) is 0 Å². The van der Waals surface area contributed by atoms with Crippen molar-refractivity contribution in [2.45, 2.75) is 51.6 Å². The maximum atomic E-state index is 12.9. The lowest BCUT2D eigenvalue weighted by Crippen LogP contribution is -2.53. The monoisotopic (exact) mass is 350 g/mol. The summed E-state index contributed by atoms with van der Waals surface area (Å²) >= 11 is 0. The molecule has 0 aliphatic carbocycles. The summed E-state index contributed by atoms with van der Waals surface area (Å²) in [4.78, 5) is 26.9. The Hall–Kier alpha value is -2.62. The molecule has 26 heavy (non-hydrogen) atoms. The molecule has 136 valence electrons. The summed E-state index contributed by atoms with van der Waals surface area (Å²) in [5.74, 6) is -0.0792. The van der Waals surface area contributed by atoms with Gasteiger partial charge in [0.2, 0.25) is 11.8 Å². The van der Waals surface area contributed by atoms with Gasteiger partial charge in [0.15, 0.2) is 0 Å². The van der Waals surface area contributed by atoms with Crippen molar-refractivity contribution in [1.29, 1.82) is 0 Å². The fraction of sp³-hybridized carbons (Fsp3) is 0.364. The molecule has 0 radical (unpaired) electrons. The number of benzene rings is 2. The van der Waals surface area contributed by atoms with E-state index < -0.39 is 6.04 Å². The predicted octanol–water partition coefficient (Wildman–Crippen LogP) is 3.63.